The van der Waals surface area contributed by atoms with E-state index in [1.165, 1.54) is 29.8 Å². The van der Waals surface area contributed by atoms with E-state index < -0.39 is 0 Å². The van der Waals surface area contributed by atoms with Gasteiger partial charge in [-0.15, -0.1) is 0 Å². The highest BCUT2D eigenvalue weighted by Gasteiger charge is 2.04. The van der Waals surface area contributed by atoms with Gasteiger partial charge in [-0.25, -0.2) is 4.39 Å². The van der Waals surface area contributed by atoms with Crippen molar-refractivity contribution in [3.63, 3.8) is 0 Å². The summed E-state index contributed by atoms with van der Waals surface area (Å²) in [5.74, 6) is -0.500. The number of amides is 1. The molecule has 0 fully saturated rings. The first-order valence-electron chi connectivity index (χ1n) is 5.30. The lowest BCUT2D eigenvalue weighted by Crippen LogP contribution is -2.25. The lowest BCUT2D eigenvalue weighted by molar-refractivity contribution is 0.0954. The first kappa shape index (κ1) is 11.8. The molecule has 1 aromatic heterocycles. The van der Waals surface area contributed by atoms with Crippen LogP contribution in [0.5, 0.6) is 0 Å². The molecule has 0 atom stereocenters. The fraction of sp³-hybridized carbons (Fsp3) is 0.154. The average Bonchev–Trinajstić information content (AvgIpc) is 2.83. The minimum absolute atomic E-state index is 0.166. The summed E-state index contributed by atoms with van der Waals surface area (Å²) < 4.78 is 12.7. The van der Waals surface area contributed by atoms with Crippen molar-refractivity contribution in [2.45, 2.75) is 6.42 Å². The standard InChI is InChI=1S/C13H12FNOS/c14-12-3-1-11(2-4-12)13(16)15-7-5-10-6-8-17-9-10/h1-4,6,8-9H,5,7H2,(H,15,16). The van der Waals surface area contributed by atoms with Gasteiger partial charge < -0.3 is 5.32 Å². The van der Waals surface area contributed by atoms with Crippen LogP contribution in [0.25, 0.3) is 0 Å². The molecule has 0 saturated carbocycles. The van der Waals surface area contributed by atoms with E-state index in [4.69, 9.17) is 0 Å². The van der Waals surface area contributed by atoms with Gasteiger partial charge in [-0.1, -0.05) is 0 Å². The van der Waals surface area contributed by atoms with Gasteiger partial charge in [0.25, 0.3) is 5.91 Å². The molecule has 0 saturated heterocycles. The van der Waals surface area contributed by atoms with Crippen LogP contribution in [0.2, 0.25) is 0 Å². The molecule has 1 amide bonds. The number of carbonyl (C=O) groups excluding carboxylic acids is 1. The summed E-state index contributed by atoms with van der Waals surface area (Å²) in [7, 11) is 0. The predicted molar refractivity (Wildman–Crippen MR) is 66.8 cm³/mol. The minimum atomic E-state index is -0.333. The molecule has 0 radical (unpaired) electrons. The van der Waals surface area contributed by atoms with Gasteiger partial charge >= 0.3 is 0 Å². The van der Waals surface area contributed by atoms with Gasteiger partial charge in [0.05, 0.1) is 0 Å². The summed E-state index contributed by atoms with van der Waals surface area (Å²) >= 11 is 1.64. The van der Waals surface area contributed by atoms with Gasteiger partial charge in [0.1, 0.15) is 5.82 Å². The Morgan fingerprint density at radius 2 is 2.00 bits per heavy atom. The normalized spacial score (nSPS) is 10.2. The maximum absolute atomic E-state index is 12.7. The number of rotatable bonds is 4. The van der Waals surface area contributed by atoms with Crippen LogP contribution >= 0.6 is 11.3 Å². The van der Waals surface area contributed by atoms with Gasteiger partial charge in [-0.3, -0.25) is 4.79 Å². The van der Waals surface area contributed by atoms with Crippen LogP contribution in [0.1, 0.15) is 15.9 Å². The molecule has 1 heterocycles. The van der Waals surface area contributed by atoms with Crippen molar-refractivity contribution in [3.8, 4) is 0 Å². The van der Waals surface area contributed by atoms with Gasteiger partial charge in [-0.2, -0.15) is 11.3 Å². The van der Waals surface area contributed by atoms with Crippen LogP contribution in [-0.4, -0.2) is 12.5 Å². The third-order valence-corrected chi connectivity index (χ3v) is 3.12. The summed E-state index contributed by atoms with van der Waals surface area (Å²) in [6, 6.07) is 7.57. The number of hydrogen-bond donors (Lipinski definition) is 1. The molecule has 2 nitrogen and oxygen atoms in total. The number of nitrogens with one attached hydrogen (secondary N) is 1. The van der Waals surface area contributed by atoms with Gasteiger partial charge in [0.2, 0.25) is 0 Å². The average molecular weight is 249 g/mol. The van der Waals surface area contributed by atoms with Crippen molar-refractivity contribution >= 4 is 17.2 Å². The smallest absolute Gasteiger partial charge is 0.251 e. The summed E-state index contributed by atoms with van der Waals surface area (Å²) in [6.45, 7) is 0.590. The Hall–Kier alpha value is -1.68. The lowest BCUT2D eigenvalue weighted by atomic mass is 10.2. The molecule has 17 heavy (non-hydrogen) atoms. The van der Waals surface area contributed by atoms with Crippen LogP contribution in [0.3, 0.4) is 0 Å². The first-order chi connectivity index (χ1) is 8.25. The highest BCUT2D eigenvalue weighted by molar-refractivity contribution is 7.07. The van der Waals surface area contributed by atoms with Crippen LogP contribution in [0, 0.1) is 5.82 Å². The first-order valence-corrected chi connectivity index (χ1v) is 6.25. The molecule has 0 bridgehead atoms. The number of halogens is 1. The second-order valence-electron chi connectivity index (χ2n) is 3.64. The molecule has 1 N–H and O–H groups in total. The van der Waals surface area contributed by atoms with Crippen LogP contribution in [0.15, 0.2) is 41.1 Å². The van der Waals surface area contributed by atoms with E-state index in [1.807, 2.05) is 11.4 Å². The fourth-order valence-electron chi connectivity index (χ4n) is 1.46. The van der Waals surface area contributed by atoms with Crippen molar-refractivity contribution in [1.82, 2.24) is 5.32 Å². The predicted octanol–water partition coefficient (Wildman–Crippen LogP) is 2.86. The highest BCUT2D eigenvalue weighted by Crippen LogP contribution is 2.06. The van der Waals surface area contributed by atoms with Gasteiger partial charge in [-0.05, 0) is 53.1 Å². The molecule has 0 spiro atoms. The topological polar surface area (TPSA) is 29.1 Å². The third kappa shape index (κ3) is 3.39. The maximum atomic E-state index is 12.7. The van der Waals surface area contributed by atoms with Crippen molar-refractivity contribution in [2.75, 3.05) is 6.54 Å². The summed E-state index contributed by atoms with van der Waals surface area (Å²) in [5, 5.41) is 6.87. The van der Waals surface area contributed by atoms with E-state index >= 15 is 0 Å². The van der Waals surface area contributed by atoms with Crippen LogP contribution in [0.4, 0.5) is 4.39 Å². The Balaban J connectivity index is 1.83. The number of carbonyl (C=O) groups is 1. The molecule has 2 aromatic rings. The quantitative estimate of drug-likeness (QED) is 0.887. The molecule has 4 heteroatoms. The Morgan fingerprint density at radius 1 is 1.24 bits per heavy atom. The Morgan fingerprint density at radius 3 is 2.65 bits per heavy atom. The number of hydrogen-bond acceptors (Lipinski definition) is 2. The van der Waals surface area contributed by atoms with Crippen molar-refractivity contribution < 1.29 is 9.18 Å². The number of benzene rings is 1. The van der Waals surface area contributed by atoms with Gasteiger partial charge in [0.15, 0.2) is 0 Å². The zero-order valence-corrected chi connectivity index (χ0v) is 9.97. The largest absolute Gasteiger partial charge is 0.352 e. The maximum Gasteiger partial charge on any atom is 0.251 e. The molecule has 0 aliphatic carbocycles. The minimum Gasteiger partial charge on any atom is -0.352 e. The zero-order chi connectivity index (χ0) is 12.1. The number of thiophene rings is 1. The van der Waals surface area contributed by atoms with Crippen LogP contribution < -0.4 is 5.32 Å². The van der Waals surface area contributed by atoms with Crippen molar-refractivity contribution in [1.29, 1.82) is 0 Å². The Bertz CT molecular complexity index is 479. The highest BCUT2D eigenvalue weighted by atomic mass is 32.1. The molecule has 0 unspecified atom stereocenters. The third-order valence-electron chi connectivity index (χ3n) is 2.39. The zero-order valence-electron chi connectivity index (χ0n) is 9.15. The van der Waals surface area contributed by atoms with Gasteiger partial charge in [0, 0.05) is 12.1 Å². The molecular weight excluding hydrogens is 237 g/mol. The van der Waals surface area contributed by atoms with Crippen molar-refractivity contribution in [3.05, 3.63) is 58.0 Å². The Labute approximate surface area is 103 Å². The fourth-order valence-corrected chi connectivity index (χ4v) is 2.16. The second kappa shape index (κ2) is 5.59. The SMILES string of the molecule is O=C(NCCc1ccsc1)c1ccc(F)cc1. The van der Waals surface area contributed by atoms with E-state index in [0.29, 0.717) is 12.1 Å². The van der Waals surface area contributed by atoms with Crippen molar-refractivity contribution in [2.24, 2.45) is 0 Å². The van der Waals surface area contributed by atoms with E-state index in [-0.39, 0.29) is 11.7 Å². The lowest BCUT2D eigenvalue weighted by Gasteiger charge is -2.04. The summed E-state index contributed by atoms with van der Waals surface area (Å²) in [4.78, 5) is 11.7. The van der Waals surface area contributed by atoms with E-state index in [2.05, 4.69) is 10.7 Å². The second-order valence-corrected chi connectivity index (χ2v) is 4.42. The summed E-state index contributed by atoms with van der Waals surface area (Å²) in [6.07, 6.45) is 0.816. The molecule has 0 aliphatic heterocycles. The Kier molecular flexibility index (Phi) is 3.88. The van der Waals surface area contributed by atoms with E-state index in [9.17, 15) is 9.18 Å². The molecule has 2 rings (SSSR count). The molecule has 1 aromatic carbocycles. The molecular formula is C13H12FNOS. The van der Waals surface area contributed by atoms with E-state index in [0.717, 1.165) is 6.42 Å². The van der Waals surface area contributed by atoms with Crippen LogP contribution in [-0.2, 0) is 6.42 Å². The molecule has 0 aliphatic rings. The molecule has 88 valence electrons. The monoisotopic (exact) mass is 249 g/mol. The van der Waals surface area contributed by atoms with E-state index in [1.54, 1.807) is 11.3 Å². The summed E-state index contributed by atoms with van der Waals surface area (Å²) in [5.41, 5.74) is 1.70.